The predicted octanol–water partition coefficient (Wildman–Crippen LogP) is 2.69. The summed E-state index contributed by atoms with van der Waals surface area (Å²) in [5.41, 5.74) is 0.521. The van der Waals surface area contributed by atoms with Gasteiger partial charge in [0.2, 0.25) is 5.78 Å². The molecule has 0 unspecified atom stereocenters. The predicted molar refractivity (Wildman–Crippen MR) is 93.8 cm³/mol. The van der Waals surface area contributed by atoms with E-state index in [4.69, 9.17) is 9.15 Å². The van der Waals surface area contributed by atoms with Crippen LogP contribution in [0.15, 0.2) is 63.8 Å². The van der Waals surface area contributed by atoms with E-state index in [0.717, 1.165) is 5.56 Å². The van der Waals surface area contributed by atoms with Crippen LogP contribution in [0.25, 0.3) is 10.9 Å². The van der Waals surface area contributed by atoms with Gasteiger partial charge in [-0.3, -0.25) is 4.79 Å². The second-order valence-electron chi connectivity index (χ2n) is 5.62. The summed E-state index contributed by atoms with van der Waals surface area (Å²) in [6.45, 7) is 1.54. The van der Waals surface area contributed by atoms with Crippen molar-refractivity contribution >= 4 is 22.8 Å². The van der Waals surface area contributed by atoms with Gasteiger partial charge in [-0.2, -0.15) is 0 Å². The van der Waals surface area contributed by atoms with Crippen molar-refractivity contribution in [2.45, 2.75) is 19.6 Å². The molecule has 7 nitrogen and oxygen atoms in total. The van der Waals surface area contributed by atoms with E-state index in [0.29, 0.717) is 5.52 Å². The number of hydrogen-bond donors (Lipinski definition) is 1. The molecular weight excluding hydrogens is 336 g/mol. The molecule has 1 amide bonds. The summed E-state index contributed by atoms with van der Waals surface area (Å²) in [6, 6.07) is 14.7. The minimum Gasteiger partial charge on any atom is -0.445 e. The number of carbonyl (C=O) groups is 2. The number of Topliss-reactive ketones (excluding diaryl/α,β-unsaturated/α-hetero) is 1. The fourth-order valence-corrected chi connectivity index (χ4v) is 2.32. The Kier molecular flexibility index (Phi) is 5.07. The quantitative estimate of drug-likeness (QED) is 0.709. The Balaban J connectivity index is 1.66. The Morgan fingerprint density at radius 2 is 1.81 bits per heavy atom. The van der Waals surface area contributed by atoms with E-state index in [1.807, 2.05) is 30.3 Å². The number of nitrogens with zero attached hydrogens (tertiary/aromatic N) is 1. The van der Waals surface area contributed by atoms with Crippen molar-refractivity contribution in [2.75, 3.05) is 0 Å². The molecule has 0 spiro atoms. The van der Waals surface area contributed by atoms with E-state index >= 15 is 0 Å². The molecule has 2 aromatic carbocycles. The van der Waals surface area contributed by atoms with Gasteiger partial charge in [-0.05, 0) is 24.6 Å². The molecule has 0 aliphatic carbocycles. The standard InChI is InChI=1S/C19H16N2O5/c1-12(20-19(24)25-11-13-7-3-2-4-8-13)16(22)17-21-15-10-6-5-9-14(15)18(23)26-17/h2-10,12H,11H2,1H3,(H,20,24)/t12-/m0/s1. The Morgan fingerprint density at radius 3 is 2.58 bits per heavy atom. The van der Waals surface area contributed by atoms with Crippen LogP contribution in [-0.4, -0.2) is 22.9 Å². The summed E-state index contributed by atoms with van der Waals surface area (Å²) in [5, 5.41) is 2.69. The number of benzene rings is 2. The monoisotopic (exact) mass is 352 g/mol. The zero-order chi connectivity index (χ0) is 18.5. The van der Waals surface area contributed by atoms with Gasteiger partial charge in [0.15, 0.2) is 0 Å². The van der Waals surface area contributed by atoms with Crippen molar-refractivity contribution in [2.24, 2.45) is 0 Å². The zero-order valence-electron chi connectivity index (χ0n) is 14.0. The molecule has 3 aromatic rings. The molecule has 0 saturated carbocycles. The van der Waals surface area contributed by atoms with Crippen LogP contribution in [0.2, 0.25) is 0 Å². The Hall–Kier alpha value is -3.48. The van der Waals surface area contributed by atoms with Crippen LogP contribution >= 0.6 is 0 Å². The lowest BCUT2D eigenvalue weighted by molar-refractivity contribution is 0.0889. The molecule has 0 bridgehead atoms. The lowest BCUT2D eigenvalue weighted by Crippen LogP contribution is -2.39. The first kappa shape index (κ1) is 17.3. The molecular formula is C19H16N2O5. The van der Waals surface area contributed by atoms with Gasteiger partial charge in [-0.25, -0.2) is 14.6 Å². The molecule has 0 radical (unpaired) electrons. The number of para-hydroxylation sites is 1. The summed E-state index contributed by atoms with van der Waals surface area (Å²) in [5.74, 6) is -0.978. The van der Waals surface area contributed by atoms with Gasteiger partial charge in [-0.15, -0.1) is 0 Å². The molecule has 1 heterocycles. The molecule has 0 fully saturated rings. The van der Waals surface area contributed by atoms with Gasteiger partial charge in [0.05, 0.1) is 16.9 Å². The number of aromatic nitrogens is 1. The highest BCUT2D eigenvalue weighted by molar-refractivity contribution is 5.98. The summed E-state index contributed by atoms with van der Waals surface area (Å²) >= 11 is 0. The minimum atomic E-state index is -0.963. The number of amides is 1. The number of nitrogens with one attached hydrogen (secondary N) is 1. The average molecular weight is 352 g/mol. The van der Waals surface area contributed by atoms with Gasteiger partial charge in [0, 0.05) is 0 Å². The molecule has 1 aromatic heterocycles. The molecule has 7 heteroatoms. The van der Waals surface area contributed by atoms with Crippen LogP contribution in [0, 0.1) is 0 Å². The first-order chi connectivity index (χ1) is 12.5. The zero-order valence-corrected chi connectivity index (χ0v) is 14.0. The molecule has 0 aliphatic heterocycles. The molecule has 0 aliphatic rings. The third-order valence-electron chi connectivity index (χ3n) is 3.69. The van der Waals surface area contributed by atoms with E-state index in [2.05, 4.69) is 10.3 Å². The SMILES string of the molecule is C[C@H](NC(=O)OCc1ccccc1)C(=O)c1nc2ccccc2c(=O)o1. The molecule has 132 valence electrons. The van der Waals surface area contributed by atoms with Crippen LogP contribution in [0.1, 0.15) is 23.2 Å². The Morgan fingerprint density at radius 1 is 1.12 bits per heavy atom. The molecule has 1 N–H and O–H groups in total. The second kappa shape index (κ2) is 7.60. The maximum absolute atomic E-state index is 12.4. The molecule has 0 saturated heterocycles. The number of rotatable bonds is 5. The second-order valence-corrected chi connectivity index (χ2v) is 5.62. The Labute approximate surface area is 148 Å². The van der Waals surface area contributed by atoms with E-state index in [1.54, 1.807) is 24.3 Å². The summed E-state index contributed by atoms with van der Waals surface area (Å²) in [6.07, 6.45) is -0.752. The summed E-state index contributed by atoms with van der Waals surface area (Å²) in [4.78, 5) is 40.2. The van der Waals surface area contributed by atoms with E-state index < -0.39 is 23.5 Å². The third-order valence-corrected chi connectivity index (χ3v) is 3.69. The van der Waals surface area contributed by atoms with Gasteiger partial charge >= 0.3 is 11.7 Å². The lowest BCUT2D eigenvalue weighted by Gasteiger charge is -2.12. The normalized spacial score (nSPS) is 11.7. The van der Waals surface area contributed by atoms with Gasteiger partial charge in [0.25, 0.3) is 5.89 Å². The number of hydrogen-bond acceptors (Lipinski definition) is 6. The topological polar surface area (TPSA) is 98.5 Å². The van der Waals surface area contributed by atoms with Crippen LogP contribution in [-0.2, 0) is 11.3 Å². The highest BCUT2D eigenvalue weighted by Crippen LogP contribution is 2.09. The van der Waals surface area contributed by atoms with Crippen molar-refractivity contribution in [1.29, 1.82) is 0 Å². The highest BCUT2D eigenvalue weighted by atomic mass is 16.5. The smallest absolute Gasteiger partial charge is 0.408 e. The van der Waals surface area contributed by atoms with Crippen LogP contribution in [0.5, 0.6) is 0 Å². The fraction of sp³-hybridized carbons (Fsp3) is 0.158. The first-order valence-electron chi connectivity index (χ1n) is 7.96. The number of ketones is 1. The minimum absolute atomic E-state index is 0.0802. The fourth-order valence-electron chi connectivity index (χ4n) is 2.32. The van der Waals surface area contributed by atoms with Crippen molar-refractivity contribution in [1.82, 2.24) is 10.3 Å². The maximum Gasteiger partial charge on any atom is 0.408 e. The number of fused-ring (bicyclic) bond motifs is 1. The van der Waals surface area contributed by atoms with Crippen LogP contribution in [0.3, 0.4) is 0 Å². The number of ether oxygens (including phenoxy) is 1. The van der Waals surface area contributed by atoms with Crippen molar-refractivity contribution < 1.29 is 18.7 Å². The van der Waals surface area contributed by atoms with E-state index in [9.17, 15) is 14.4 Å². The van der Waals surface area contributed by atoms with E-state index in [-0.39, 0.29) is 17.9 Å². The van der Waals surface area contributed by atoms with Crippen LogP contribution in [0.4, 0.5) is 4.79 Å². The van der Waals surface area contributed by atoms with Crippen molar-refractivity contribution in [3.05, 3.63) is 76.5 Å². The largest absolute Gasteiger partial charge is 0.445 e. The maximum atomic E-state index is 12.4. The van der Waals surface area contributed by atoms with Gasteiger partial charge in [0.1, 0.15) is 6.61 Å². The summed E-state index contributed by atoms with van der Waals surface area (Å²) in [7, 11) is 0. The summed E-state index contributed by atoms with van der Waals surface area (Å²) < 4.78 is 10.0. The van der Waals surface area contributed by atoms with E-state index in [1.165, 1.54) is 6.92 Å². The van der Waals surface area contributed by atoms with Crippen LogP contribution < -0.4 is 10.9 Å². The molecule has 1 atom stereocenters. The first-order valence-corrected chi connectivity index (χ1v) is 7.96. The average Bonchev–Trinajstić information content (AvgIpc) is 2.66. The van der Waals surface area contributed by atoms with Gasteiger partial charge < -0.3 is 14.5 Å². The number of alkyl carbamates (subject to hydrolysis) is 1. The molecule has 3 rings (SSSR count). The molecule has 26 heavy (non-hydrogen) atoms. The number of carbonyl (C=O) groups excluding carboxylic acids is 2. The lowest BCUT2D eigenvalue weighted by atomic mass is 10.2. The third kappa shape index (κ3) is 3.94. The Bertz CT molecular complexity index is 997. The highest BCUT2D eigenvalue weighted by Gasteiger charge is 2.23. The van der Waals surface area contributed by atoms with Crippen molar-refractivity contribution in [3.8, 4) is 0 Å². The van der Waals surface area contributed by atoms with Crippen molar-refractivity contribution in [3.63, 3.8) is 0 Å². The van der Waals surface area contributed by atoms with Gasteiger partial charge in [-0.1, -0.05) is 42.5 Å².